The number of hydrogen-bond donors (Lipinski definition) is 1. The van der Waals surface area contributed by atoms with Crippen LogP contribution in [-0.4, -0.2) is 4.98 Å². The fraction of sp³-hybridized carbons (Fsp3) is 0.0789. The molecule has 0 aliphatic carbocycles. The van der Waals surface area contributed by atoms with Gasteiger partial charge in [-0.05, 0) is 95.1 Å². The maximum atomic E-state index is 6.38. The molecule has 6 rings (SSSR count). The average molecular weight is 517 g/mol. The van der Waals surface area contributed by atoms with Crippen molar-refractivity contribution in [3.05, 3.63) is 144 Å². The minimum absolute atomic E-state index is 0.828. The molecule has 0 atom stereocenters. The molecule has 0 unspecified atom stereocenters. The minimum atomic E-state index is 0.828. The van der Waals surface area contributed by atoms with E-state index in [0.717, 1.165) is 50.5 Å². The van der Waals surface area contributed by atoms with Gasteiger partial charge in [-0.15, -0.1) is 0 Å². The monoisotopic (exact) mass is 516 g/mol. The number of nitrogens with zero attached hydrogens (tertiary/aromatic N) is 1. The number of pyridine rings is 1. The fourth-order valence-electron chi connectivity index (χ4n) is 5.43. The van der Waals surface area contributed by atoms with E-state index in [-0.39, 0.29) is 0 Å². The molecular formula is C38H32N2. The summed E-state index contributed by atoms with van der Waals surface area (Å²) >= 11 is 0. The third kappa shape index (κ3) is 4.92. The van der Waals surface area contributed by atoms with Crippen molar-refractivity contribution < 1.29 is 0 Å². The van der Waals surface area contributed by atoms with Crippen LogP contribution in [0.1, 0.15) is 16.7 Å². The molecule has 2 nitrogen and oxygen atoms in total. The van der Waals surface area contributed by atoms with E-state index in [9.17, 15) is 0 Å². The molecule has 0 spiro atoms. The molecule has 2 N–H and O–H groups in total. The van der Waals surface area contributed by atoms with Gasteiger partial charge in [-0.3, -0.25) is 0 Å². The number of rotatable bonds is 5. The molecule has 1 heterocycles. The van der Waals surface area contributed by atoms with Crippen molar-refractivity contribution in [1.29, 1.82) is 0 Å². The molecule has 0 saturated carbocycles. The summed E-state index contributed by atoms with van der Waals surface area (Å²) in [6, 6.07) is 44.8. The Morgan fingerprint density at radius 3 is 1.57 bits per heavy atom. The van der Waals surface area contributed by atoms with Crippen molar-refractivity contribution in [3.63, 3.8) is 0 Å². The van der Waals surface area contributed by atoms with Gasteiger partial charge in [0, 0.05) is 16.8 Å². The Hall–Kier alpha value is -4.95. The van der Waals surface area contributed by atoms with Crippen LogP contribution in [0.3, 0.4) is 0 Å². The molecule has 0 fully saturated rings. The highest BCUT2D eigenvalue weighted by atomic mass is 14.7. The number of hydrogen-bond acceptors (Lipinski definition) is 2. The van der Waals surface area contributed by atoms with Gasteiger partial charge in [0.15, 0.2) is 0 Å². The van der Waals surface area contributed by atoms with Gasteiger partial charge in [0.1, 0.15) is 0 Å². The highest BCUT2D eigenvalue weighted by Crippen LogP contribution is 2.36. The first-order valence-corrected chi connectivity index (χ1v) is 13.7. The molecule has 2 heteroatoms. The second kappa shape index (κ2) is 10.7. The Morgan fingerprint density at radius 1 is 0.425 bits per heavy atom. The standard InChI is InChI=1S/C38H32N2/c1-25-21-35(39)27(3)38(26(25)2)33-16-10-15-32(22-33)37-24-34(23-36(40-37)31-13-8-5-9-14-31)30-19-17-29(18-20-30)28-11-6-4-7-12-28/h4-24H,39H2,1-3H3. The van der Waals surface area contributed by atoms with Gasteiger partial charge in [-0.1, -0.05) is 103 Å². The zero-order valence-corrected chi connectivity index (χ0v) is 23.1. The fourth-order valence-corrected chi connectivity index (χ4v) is 5.43. The van der Waals surface area contributed by atoms with Crippen LogP contribution < -0.4 is 5.73 Å². The summed E-state index contributed by atoms with van der Waals surface area (Å²) in [7, 11) is 0. The van der Waals surface area contributed by atoms with Crippen LogP contribution in [0.15, 0.2) is 127 Å². The first-order chi connectivity index (χ1) is 19.5. The summed E-state index contributed by atoms with van der Waals surface area (Å²) in [5.74, 6) is 0. The van der Waals surface area contributed by atoms with E-state index >= 15 is 0 Å². The van der Waals surface area contributed by atoms with Gasteiger partial charge >= 0.3 is 0 Å². The van der Waals surface area contributed by atoms with Gasteiger partial charge < -0.3 is 5.73 Å². The number of anilines is 1. The van der Waals surface area contributed by atoms with E-state index in [1.54, 1.807) is 0 Å². The quantitative estimate of drug-likeness (QED) is 0.232. The Balaban J connectivity index is 1.48. The van der Waals surface area contributed by atoms with Crippen molar-refractivity contribution in [3.8, 4) is 55.9 Å². The number of nitrogen functional groups attached to an aromatic ring is 1. The number of benzene rings is 5. The van der Waals surface area contributed by atoms with Crippen molar-refractivity contribution in [1.82, 2.24) is 4.98 Å². The maximum Gasteiger partial charge on any atom is 0.0715 e. The summed E-state index contributed by atoms with van der Waals surface area (Å²) in [6.07, 6.45) is 0. The second-order valence-corrected chi connectivity index (χ2v) is 10.4. The molecule has 0 amide bonds. The van der Waals surface area contributed by atoms with Crippen LogP contribution in [0.25, 0.3) is 55.9 Å². The topological polar surface area (TPSA) is 38.9 Å². The minimum Gasteiger partial charge on any atom is -0.398 e. The van der Waals surface area contributed by atoms with Gasteiger partial charge in [0.25, 0.3) is 0 Å². The van der Waals surface area contributed by atoms with Crippen molar-refractivity contribution in [2.75, 3.05) is 5.73 Å². The lowest BCUT2D eigenvalue weighted by Gasteiger charge is -2.16. The Kier molecular flexibility index (Phi) is 6.76. The third-order valence-electron chi connectivity index (χ3n) is 7.81. The SMILES string of the molecule is Cc1cc(N)c(C)c(-c2cccc(-c3cc(-c4ccc(-c5ccccc5)cc4)cc(-c4ccccc4)n3)c2)c1C. The maximum absolute atomic E-state index is 6.38. The lowest BCUT2D eigenvalue weighted by atomic mass is 9.90. The van der Waals surface area contributed by atoms with E-state index in [1.165, 1.54) is 27.8 Å². The molecular weight excluding hydrogens is 484 g/mol. The largest absolute Gasteiger partial charge is 0.398 e. The molecule has 0 aliphatic heterocycles. The highest BCUT2D eigenvalue weighted by Gasteiger charge is 2.14. The predicted octanol–water partition coefficient (Wildman–Crippen LogP) is 9.92. The van der Waals surface area contributed by atoms with Gasteiger partial charge in [-0.2, -0.15) is 0 Å². The zero-order chi connectivity index (χ0) is 27.6. The molecule has 40 heavy (non-hydrogen) atoms. The van der Waals surface area contributed by atoms with E-state index in [1.807, 2.05) is 12.1 Å². The first kappa shape index (κ1) is 25.3. The van der Waals surface area contributed by atoms with Crippen LogP contribution in [0.4, 0.5) is 5.69 Å². The Morgan fingerprint density at radius 2 is 0.925 bits per heavy atom. The van der Waals surface area contributed by atoms with E-state index < -0.39 is 0 Å². The normalized spacial score (nSPS) is 11.0. The van der Waals surface area contributed by atoms with Crippen LogP contribution in [0, 0.1) is 20.8 Å². The summed E-state index contributed by atoms with van der Waals surface area (Å²) in [5.41, 5.74) is 21.9. The number of nitrogens with two attached hydrogens (primary N) is 1. The molecule has 1 aromatic heterocycles. The van der Waals surface area contributed by atoms with E-state index in [0.29, 0.717) is 0 Å². The molecule has 6 aromatic rings. The summed E-state index contributed by atoms with van der Waals surface area (Å²) in [5, 5.41) is 0. The van der Waals surface area contributed by atoms with Crippen molar-refractivity contribution in [2.24, 2.45) is 0 Å². The smallest absolute Gasteiger partial charge is 0.0715 e. The lowest BCUT2D eigenvalue weighted by Crippen LogP contribution is -1.98. The van der Waals surface area contributed by atoms with Crippen LogP contribution in [0.5, 0.6) is 0 Å². The van der Waals surface area contributed by atoms with Gasteiger partial charge in [0.05, 0.1) is 11.4 Å². The predicted molar refractivity (Wildman–Crippen MR) is 170 cm³/mol. The van der Waals surface area contributed by atoms with Crippen molar-refractivity contribution >= 4 is 5.69 Å². The van der Waals surface area contributed by atoms with Gasteiger partial charge in [0.2, 0.25) is 0 Å². The van der Waals surface area contributed by atoms with Gasteiger partial charge in [-0.25, -0.2) is 4.98 Å². The van der Waals surface area contributed by atoms with Crippen molar-refractivity contribution in [2.45, 2.75) is 20.8 Å². The lowest BCUT2D eigenvalue weighted by molar-refractivity contribution is 1.30. The molecule has 194 valence electrons. The van der Waals surface area contributed by atoms with Crippen LogP contribution in [-0.2, 0) is 0 Å². The molecule has 0 saturated heterocycles. The summed E-state index contributed by atoms with van der Waals surface area (Å²) in [6.45, 7) is 6.41. The Bertz CT molecular complexity index is 1780. The zero-order valence-electron chi connectivity index (χ0n) is 23.1. The summed E-state index contributed by atoms with van der Waals surface area (Å²) < 4.78 is 0. The average Bonchev–Trinajstić information content (AvgIpc) is 3.01. The van der Waals surface area contributed by atoms with Crippen LogP contribution in [0.2, 0.25) is 0 Å². The number of aromatic nitrogens is 1. The van der Waals surface area contributed by atoms with Crippen LogP contribution >= 0.6 is 0 Å². The molecule has 0 bridgehead atoms. The summed E-state index contributed by atoms with van der Waals surface area (Å²) in [4.78, 5) is 5.15. The highest BCUT2D eigenvalue weighted by molar-refractivity contribution is 5.82. The number of aryl methyl sites for hydroxylation is 1. The first-order valence-electron chi connectivity index (χ1n) is 13.7. The second-order valence-electron chi connectivity index (χ2n) is 10.4. The molecule has 0 radical (unpaired) electrons. The molecule has 5 aromatic carbocycles. The Labute approximate surface area is 236 Å². The van der Waals surface area contributed by atoms with E-state index in [4.69, 9.17) is 10.7 Å². The molecule has 0 aliphatic rings. The third-order valence-corrected chi connectivity index (χ3v) is 7.81. The van der Waals surface area contributed by atoms with E-state index in [2.05, 4.69) is 136 Å².